The number of hydrogen-bond acceptors (Lipinski definition) is 6. The molecule has 0 radical (unpaired) electrons. The number of carbonyl (C=O) groups excluding carboxylic acids is 1. The van der Waals surface area contributed by atoms with E-state index in [4.69, 9.17) is 9.47 Å². The predicted octanol–water partition coefficient (Wildman–Crippen LogP) is 5.59. The Morgan fingerprint density at radius 3 is 2.24 bits per heavy atom. The number of para-hydroxylation sites is 2. The Hall–Kier alpha value is -5.09. The molecule has 0 unspecified atom stereocenters. The van der Waals surface area contributed by atoms with Gasteiger partial charge in [0.05, 0.1) is 28.7 Å². The van der Waals surface area contributed by atoms with E-state index in [0.717, 1.165) is 11.4 Å². The number of esters is 1. The fourth-order valence-corrected chi connectivity index (χ4v) is 5.37. The second-order valence-corrected chi connectivity index (χ2v) is 9.94. The maximum Gasteiger partial charge on any atom is 0.314 e. The molecular formula is C31H27N4O5S+. The number of ether oxygens (including phenoxy) is 2. The number of rotatable bonds is 8. The molecule has 0 aliphatic rings. The number of aromatic nitrogens is 1. The third kappa shape index (κ3) is 6.39. The largest absolute Gasteiger partial charge is 0.497 e. The number of amidine groups is 1. The van der Waals surface area contributed by atoms with Crippen molar-refractivity contribution in [1.82, 2.24) is 4.57 Å². The first kappa shape index (κ1) is 27.5. The Labute approximate surface area is 240 Å². The van der Waals surface area contributed by atoms with Crippen LogP contribution in [0.2, 0.25) is 0 Å². The van der Waals surface area contributed by atoms with E-state index in [9.17, 15) is 14.9 Å². The molecule has 1 aromatic heterocycles. The molecule has 206 valence electrons. The lowest BCUT2D eigenvalue weighted by Gasteiger charge is -2.11. The summed E-state index contributed by atoms with van der Waals surface area (Å²) < 4.78 is 12.5. The maximum atomic E-state index is 12.5. The van der Waals surface area contributed by atoms with E-state index in [1.165, 1.54) is 18.7 Å². The van der Waals surface area contributed by atoms with Crippen LogP contribution in [0.5, 0.6) is 11.5 Å². The Morgan fingerprint density at radius 2 is 1.61 bits per heavy atom. The van der Waals surface area contributed by atoms with Gasteiger partial charge in [0, 0.05) is 18.7 Å². The van der Waals surface area contributed by atoms with E-state index in [0.29, 0.717) is 39.0 Å². The van der Waals surface area contributed by atoms with Crippen LogP contribution in [0.15, 0.2) is 103 Å². The molecule has 0 aliphatic heterocycles. The van der Waals surface area contributed by atoms with Gasteiger partial charge in [-0.05, 0) is 72.4 Å². The highest BCUT2D eigenvalue weighted by Gasteiger charge is 2.28. The van der Waals surface area contributed by atoms with Gasteiger partial charge in [-0.3, -0.25) is 14.9 Å². The highest BCUT2D eigenvalue weighted by atomic mass is 32.2. The zero-order chi connectivity index (χ0) is 28.8. The lowest BCUT2D eigenvalue weighted by atomic mass is 10.2. The number of nitro groups is 1. The van der Waals surface area contributed by atoms with Crippen LogP contribution in [0.4, 0.5) is 17.1 Å². The molecule has 1 heterocycles. The van der Waals surface area contributed by atoms with E-state index in [1.807, 2.05) is 77.4 Å². The summed E-state index contributed by atoms with van der Waals surface area (Å²) in [6, 6.07) is 31.5. The first-order chi connectivity index (χ1) is 19.9. The summed E-state index contributed by atoms with van der Waals surface area (Å²) in [6.45, 7) is 1.31. The molecule has 0 aliphatic carbocycles. The number of benzene rings is 4. The Balaban J connectivity index is 1.63. The molecule has 0 spiro atoms. The monoisotopic (exact) mass is 567 g/mol. The molecule has 9 nitrogen and oxygen atoms in total. The van der Waals surface area contributed by atoms with E-state index in [1.54, 1.807) is 37.4 Å². The van der Waals surface area contributed by atoms with Gasteiger partial charge in [-0.25, -0.2) is 10.3 Å². The quantitative estimate of drug-likeness (QED) is 0.0629. The molecule has 0 amide bonds. The molecule has 10 heteroatoms. The minimum Gasteiger partial charge on any atom is -0.497 e. The van der Waals surface area contributed by atoms with Crippen LogP contribution in [0.25, 0.3) is 16.6 Å². The van der Waals surface area contributed by atoms with Crippen molar-refractivity contribution in [2.24, 2.45) is 0 Å². The maximum absolute atomic E-state index is 12.5. The summed E-state index contributed by atoms with van der Waals surface area (Å²) in [5, 5.41) is 17.0. The molecular weight excluding hydrogens is 540 g/mol. The number of hydrogen-bond donors (Lipinski definition) is 2. The van der Waals surface area contributed by atoms with Gasteiger partial charge in [0.1, 0.15) is 28.6 Å². The molecule has 0 fully saturated rings. The summed E-state index contributed by atoms with van der Waals surface area (Å²) >= 11 is 1.40. The molecule has 0 saturated carbocycles. The van der Waals surface area contributed by atoms with E-state index in [2.05, 4.69) is 10.3 Å². The van der Waals surface area contributed by atoms with Crippen molar-refractivity contribution >= 4 is 50.9 Å². The van der Waals surface area contributed by atoms with E-state index < -0.39 is 5.97 Å². The predicted molar refractivity (Wildman–Crippen MR) is 161 cm³/mol. The fourth-order valence-electron chi connectivity index (χ4n) is 4.44. The van der Waals surface area contributed by atoms with Crippen molar-refractivity contribution in [1.29, 1.82) is 0 Å². The van der Waals surface area contributed by atoms with Gasteiger partial charge >= 0.3 is 11.1 Å². The summed E-state index contributed by atoms with van der Waals surface area (Å²) in [5.41, 5.74) is 3.45. The van der Waals surface area contributed by atoms with Crippen molar-refractivity contribution < 1.29 is 24.2 Å². The number of thioether (sulfide) groups is 1. The van der Waals surface area contributed by atoms with Crippen LogP contribution in [-0.4, -0.2) is 27.7 Å². The normalized spacial score (nSPS) is 11.3. The zero-order valence-electron chi connectivity index (χ0n) is 22.4. The number of nitrogens with one attached hydrogen (secondary N) is 2. The van der Waals surface area contributed by atoms with E-state index >= 15 is 0 Å². The topological polar surface area (TPSA) is 110 Å². The van der Waals surface area contributed by atoms with Crippen molar-refractivity contribution in [2.75, 3.05) is 12.4 Å². The van der Waals surface area contributed by atoms with Crippen molar-refractivity contribution in [2.45, 2.75) is 12.7 Å². The summed E-state index contributed by atoms with van der Waals surface area (Å²) in [4.78, 5) is 27.2. The molecule has 5 aromatic rings. The second kappa shape index (κ2) is 12.4. The summed E-state index contributed by atoms with van der Waals surface area (Å²) in [5.74, 6) is 0.728. The number of methoxy groups -OCH3 is 1. The van der Waals surface area contributed by atoms with Crippen LogP contribution in [0.3, 0.4) is 0 Å². The SMILES string of the molecule is COc1ccc(-n2c(CSC(Nc3ccccc3)=[NH+]c3ccccc3)c([N+](=O)[O-])c3ccc(OC(C)=O)cc32)cc1. The minimum atomic E-state index is -0.476. The van der Waals surface area contributed by atoms with Crippen LogP contribution in [0.1, 0.15) is 12.6 Å². The standard InChI is InChI=1S/C31H26N4O5S/c1-21(36)40-26-17-18-27-28(19-26)34(24-13-15-25(39-2)16-14-24)29(30(27)35(37)38)20-41-31(32-22-9-5-3-6-10-22)33-23-11-7-4-8-12-23/h3-19H,20H2,1-2H3,(H,32,33)/p+1. The molecule has 2 N–H and O–H groups in total. The summed E-state index contributed by atoms with van der Waals surface area (Å²) in [6.07, 6.45) is 0. The number of anilines is 1. The summed E-state index contributed by atoms with van der Waals surface area (Å²) in [7, 11) is 1.58. The molecule has 41 heavy (non-hydrogen) atoms. The lowest BCUT2D eigenvalue weighted by molar-refractivity contribution is -0.383. The Morgan fingerprint density at radius 1 is 0.951 bits per heavy atom. The van der Waals surface area contributed by atoms with E-state index in [-0.39, 0.29) is 16.4 Å². The molecule has 0 saturated heterocycles. The van der Waals surface area contributed by atoms with Crippen LogP contribution in [-0.2, 0) is 10.5 Å². The fraction of sp³-hybridized carbons (Fsp3) is 0.0968. The number of carbonyl (C=O) groups is 1. The van der Waals surface area contributed by atoms with Crippen LogP contribution in [0, 0.1) is 10.1 Å². The first-order valence-electron chi connectivity index (χ1n) is 12.7. The third-order valence-corrected chi connectivity index (χ3v) is 7.11. The van der Waals surface area contributed by atoms with Gasteiger partial charge in [0.25, 0.3) is 5.69 Å². The second-order valence-electron chi connectivity index (χ2n) is 8.96. The van der Waals surface area contributed by atoms with Crippen LogP contribution < -0.4 is 19.8 Å². The molecule has 0 atom stereocenters. The average Bonchev–Trinajstić information content (AvgIpc) is 3.30. The molecule has 4 aromatic carbocycles. The smallest absolute Gasteiger partial charge is 0.314 e. The molecule has 5 rings (SSSR count). The third-order valence-electron chi connectivity index (χ3n) is 6.20. The minimum absolute atomic E-state index is 0.0172. The Kier molecular flexibility index (Phi) is 8.31. The highest BCUT2D eigenvalue weighted by molar-refractivity contribution is 8.13. The lowest BCUT2D eigenvalue weighted by Crippen LogP contribution is -2.67. The average molecular weight is 568 g/mol. The van der Waals surface area contributed by atoms with Crippen LogP contribution >= 0.6 is 11.8 Å². The zero-order valence-corrected chi connectivity index (χ0v) is 23.2. The van der Waals surface area contributed by atoms with Gasteiger partial charge in [0.15, 0.2) is 0 Å². The number of nitrogens with zero attached hydrogens (tertiary/aromatic N) is 2. The van der Waals surface area contributed by atoms with Crippen molar-refractivity contribution in [3.63, 3.8) is 0 Å². The molecule has 0 bridgehead atoms. The van der Waals surface area contributed by atoms with Crippen molar-refractivity contribution in [3.05, 3.63) is 119 Å². The highest BCUT2D eigenvalue weighted by Crippen LogP contribution is 2.39. The first-order valence-corrected chi connectivity index (χ1v) is 13.7. The van der Waals surface area contributed by atoms with Gasteiger partial charge < -0.3 is 14.0 Å². The van der Waals surface area contributed by atoms with Gasteiger partial charge in [0.2, 0.25) is 0 Å². The van der Waals surface area contributed by atoms with Gasteiger partial charge in [-0.2, -0.15) is 0 Å². The van der Waals surface area contributed by atoms with Crippen molar-refractivity contribution in [3.8, 4) is 17.2 Å². The van der Waals surface area contributed by atoms with Gasteiger partial charge in [-0.1, -0.05) is 36.4 Å². The van der Waals surface area contributed by atoms with Gasteiger partial charge in [-0.15, -0.1) is 0 Å². The Bertz CT molecular complexity index is 1720. The number of fused-ring (bicyclic) bond motifs is 1.